The fourth-order valence-electron chi connectivity index (χ4n) is 2.31. The van der Waals surface area contributed by atoms with Crippen LogP contribution < -0.4 is 11.1 Å². The topological polar surface area (TPSA) is 72.2 Å². The van der Waals surface area contributed by atoms with Gasteiger partial charge in [-0.25, -0.2) is 8.42 Å². The molecule has 1 aromatic carbocycles. The number of sulfone groups is 1. The van der Waals surface area contributed by atoms with E-state index in [1.165, 1.54) is 0 Å². The number of hydrogen-bond donors (Lipinski definition) is 2. The lowest BCUT2D eigenvalue weighted by atomic mass is 10.0. The number of halogens is 1. The highest BCUT2D eigenvalue weighted by molar-refractivity contribution is 7.91. The summed E-state index contributed by atoms with van der Waals surface area (Å²) in [4.78, 5) is 0.192. The van der Waals surface area contributed by atoms with Gasteiger partial charge in [0.25, 0.3) is 0 Å². The minimum atomic E-state index is -2.98. The zero-order chi connectivity index (χ0) is 14.3. The van der Waals surface area contributed by atoms with E-state index in [0.717, 1.165) is 0 Å². The quantitative estimate of drug-likeness (QED) is 0.834. The van der Waals surface area contributed by atoms with Crippen LogP contribution in [0.2, 0.25) is 5.02 Å². The molecule has 0 aromatic heterocycles. The van der Waals surface area contributed by atoms with Gasteiger partial charge in [0, 0.05) is 11.2 Å². The van der Waals surface area contributed by atoms with Crippen LogP contribution in [0.4, 0.5) is 5.69 Å². The molecule has 1 saturated heterocycles. The number of nitrogens with one attached hydrogen (secondary N) is 1. The molecule has 1 aliphatic rings. The van der Waals surface area contributed by atoms with E-state index in [1.807, 2.05) is 6.92 Å². The molecule has 0 aliphatic carbocycles. The molecule has 1 heterocycles. The van der Waals surface area contributed by atoms with E-state index in [2.05, 4.69) is 5.32 Å². The fraction of sp³-hybridized carbons (Fsp3) is 0.417. The van der Waals surface area contributed by atoms with Crippen LogP contribution in [-0.2, 0) is 9.84 Å². The lowest BCUT2D eigenvalue weighted by Crippen LogP contribution is -2.36. The minimum Gasteiger partial charge on any atom is -0.389 e. The van der Waals surface area contributed by atoms with Crippen molar-refractivity contribution in [1.29, 1.82) is 0 Å². The van der Waals surface area contributed by atoms with Crippen molar-refractivity contribution in [2.75, 3.05) is 16.8 Å². The lowest BCUT2D eigenvalue weighted by Gasteiger charge is -2.27. The third-order valence-electron chi connectivity index (χ3n) is 3.20. The minimum absolute atomic E-state index is 0.100. The SMILES string of the molecule is CC1(Nc2cccc(Cl)c2C(N)=S)CCS(=O)(=O)C1. The van der Waals surface area contributed by atoms with Crippen LogP contribution in [0.25, 0.3) is 0 Å². The molecule has 2 rings (SSSR count). The third kappa shape index (κ3) is 3.19. The van der Waals surface area contributed by atoms with E-state index in [4.69, 9.17) is 29.6 Å². The third-order valence-corrected chi connectivity index (χ3v) is 5.62. The van der Waals surface area contributed by atoms with Crippen molar-refractivity contribution in [2.45, 2.75) is 18.9 Å². The van der Waals surface area contributed by atoms with Gasteiger partial charge in [-0.2, -0.15) is 0 Å². The van der Waals surface area contributed by atoms with Crippen LogP contribution in [0, 0.1) is 0 Å². The second-order valence-electron chi connectivity index (χ2n) is 5.05. The van der Waals surface area contributed by atoms with Gasteiger partial charge in [0.2, 0.25) is 0 Å². The molecule has 104 valence electrons. The molecule has 0 amide bonds. The predicted molar refractivity (Wildman–Crippen MR) is 82.6 cm³/mol. The van der Waals surface area contributed by atoms with Crippen molar-refractivity contribution in [2.24, 2.45) is 5.73 Å². The van der Waals surface area contributed by atoms with Crippen LogP contribution in [-0.4, -0.2) is 30.5 Å². The van der Waals surface area contributed by atoms with E-state index in [0.29, 0.717) is 22.7 Å². The molecule has 4 nitrogen and oxygen atoms in total. The van der Waals surface area contributed by atoms with E-state index in [-0.39, 0.29) is 16.5 Å². The van der Waals surface area contributed by atoms with E-state index in [1.54, 1.807) is 18.2 Å². The maximum absolute atomic E-state index is 11.6. The van der Waals surface area contributed by atoms with Gasteiger partial charge in [0.05, 0.1) is 22.1 Å². The van der Waals surface area contributed by atoms with E-state index >= 15 is 0 Å². The van der Waals surface area contributed by atoms with Gasteiger partial charge in [-0.15, -0.1) is 0 Å². The van der Waals surface area contributed by atoms with Crippen molar-refractivity contribution < 1.29 is 8.42 Å². The van der Waals surface area contributed by atoms with Gasteiger partial charge >= 0.3 is 0 Å². The molecule has 7 heteroatoms. The zero-order valence-corrected chi connectivity index (χ0v) is 12.8. The standard InChI is InChI=1S/C12H15ClN2O2S2/c1-12(5-6-19(16,17)7-12)15-9-4-2-3-8(13)10(9)11(14)18/h2-4,15H,5-7H2,1H3,(H2,14,18). The maximum Gasteiger partial charge on any atom is 0.152 e. The normalized spacial score (nSPS) is 25.2. The summed E-state index contributed by atoms with van der Waals surface area (Å²) in [6.07, 6.45) is 0.554. The molecule has 0 saturated carbocycles. The number of thiocarbonyl (C=S) groups is 1. The second kappa shape index (κ2) is 4.92. The number of benzene rings is 1. The Hall–Kier alpha value is -0.850. The van der Waals surface area contributed by atoms with Crippen LogP contribution in [0.1, 0.15) is 18.9 Å². The first-order chi connectivity index (χ1) is 8.72. The maximum atomic E-state index is 11.6. The molecule has 0 radical (unpaired) electrons. The summed E-state index contributed by atoms with van der Waals surface area (Å²) in [7, 11) is -2.98. The summed E-state index contributed by atoms with van der Waals surface area (Å²) in [5, 5.41) is 3.69. The Kier molecular flexibility index (Phi) is 3.77. The highest BCUT2D eigenvalue weighted by Crippen LogP contribution is 2.31. The van der Waals surface area contributed by atoms with Gasteiger partial charge in [0.15, 0.2) is 9.84 Å². The molecule has 1 aliphatic heterocycles. The molecule has 0 bridgehead atoms. The molecule has 0 spiro atoms. The summed E-state index contributed by atoms with van der Waals surface area (Å²) in [5.41, 5.74) is 6.40. The Morgan fingerprint density at radius 1 is 1.53 bits per heavy atom. The molecule has 1 atom stereocenters. The monoisotopic (exact) mass is 318 g/mol. The number of rotatable bonds is 3. The highest BCUT2D eigenvalue weighted by atomic mass is 35.5. The Bertz CT molecular complexity index is 631. The zero-order valence-electron chi connectivity index (χ0n) is 10.4. The van der Waals surface area contributed by atoms with Crippen LogP contribution in [0.5, 0.6) is 0 Å². The van der Waals surface area contributed by atoms with Crippen molar-refractivity contribution in [1.82, 2.24) is 0 Å². The predicted octanol–water partition coefficient (Wildman–Crippen LogP) is 1.96. The summed E-state index contributed by atoms with van der Waals surface area (Å²) in [6.45, 7) is 1.88. The first-order valence-electron chi connectivity index (χ1n) is 5.79. The molecular weight excluding hydrogens is 304 g/mol. The van der Waals surface area contributed by atoms with Crippen LogP contribution in [0.15, 0.2) is 18.2 Å². The summed E-state index contributed by atoms with van der Waals surface area (Å²) in [6, 6.07) is 5.28. The smallest absolute Gasteiger partial charge is 0.152 e. The molecule has 1 aromatic rings. The van der Waals surface area contributed by atoms with Gasteiger partial charge in [0.1, 0.15) is 4.99 Å². The Morgan fingerprint density at radius 3 is 2.74 bits per heavy atom. The fourth-order valence-corrected chi connectivity index (χ4v) is 4.96. The first-order valence-corrected chi connectivity index (χ1v) is 8.40. The van der Waals surface area contributed by atoms with Crippen LogP contribution in [0.3, 0.4) is 0 Å². The van der Waals surface area contributed by atoms with E-state index in [9.17, 15) is 8.42 Å². The Balaban J connectivity index is 2.35. The lowest BCUT2D eigenvalue weighted by molar-refractivity contribution is 0.574. The van der Waals surface area contributed by atoms with Crippen molar-refractivity contribution >= 4 is 44.3 Å². The Morgan fingerprint density at radius 2 is 2.21 bits per heavy atom. The number of anilines is 1. The van der Waals surface area contributed by atoms with Gasteiger partial charge in [-0.1, -0.05) is 29.9 Å². The van der Waals surface area contributed by atoms with Crippen LogP contribution >= 0.6 is 23.8 Å². The molecule has 1 fully saturated rings. The molecule has 1 unspecified atom stereocenters. The Labute approximate surface area is 123 Å². The molecular formula is C12H15ClN2O2S2. The largest absolute Gasteiger partial charge is 0.389 e. The van der Waals surface area contributed by atoms with Crippen molar-refractivity contribution in [3.05, 3.63) is 28.8 Å². The van der Waals surface area contributed by atoms with Crippen molar-refractivity contribution in [3.8, 4) is 0 Å². The molecule has 19 heavy (non-hydrogen) atoms. The van der Waals surface area contributed by atoms with Gasteiger partial charge in [-0.3, -0.25) is 0 Å². The summed E-state index contributed by atoms with van der Waals surface area (Å²) >= 11 is 11.1. The first kappa shape index (κ1) is 14.6. The van der Waals surface area contributed by atoms with Crippen molar-refractivity contribution in [3.63, 3.8) is 0 Å². The summed E-state index contributed by atoms with van der Waals surface area (Å²) in [5.74, 6) is 0.294. The van der Waals surface area contributed by atoms with Gasteiger partial charge < -0.3 is 11.1 Å². The highest BCUT2D eigenvalue weighted by Gasteiger charge is 2.38. The van der Waals surface area contributed by atoms with E-state index < -0.39 is 15.4 Å². The summed E-state index contributed by atoms with van der Waals surface area (Å²) < 4.78 is 23.2. The van der Waals surface area contributed by atoms with Gasteiger partial charge in [-0.05, 0) is 25.5 Å². The number of hydrogen-bond acceptors (Lipinski definition) is 4. The average molecular weight is 319 g/mol. The average Bonchev–Trinajstić information content (AvgIpc) is 2.52. The molecule has 3 N–H and O–H groups in total. The number of nitrogens with two attached hydrogens (primary N) is 1. The second-order valence-corrected chi connectivity index (χ2v) is 8.09.